The standard InChI is InChI=1S/C17H14ClF2N3O2S/c1-21-9-11-8-15(16-13(19)5-2-6-14(16)20)23(17(11)18)26(24,25)12-4-3-7-22-10-12/h2-8,10,21H,9H2,1H3. The fourth-order valence-corrected chi connectivity index (χ4v) is 4.46. The van der Waals surface area contributed by atoms with Crippen LogP contribution in [0.1, 0.15) is 5.56 Å². The van der Waals surface area contributed by atoms with Gasteiger partial charge in [0, 0.05) is 24.5 Å². The Morgan fingerprint density at radius 1 is 1.19 bits per heavy atom. The lowest BCUT2D eigenvalue weighted by Gasteiger charge is -2.13. The molecule has 2 heterocycles. The second-order valence-corrected chi connectivity index (χ2v) is 7.58. The van der Waals surface area contributed by atoms with Crippen LogP contribution in [-0.4, -0.2) is 24.4 Å². The number of hydrogen-bond donors (Lipinski definition) is 1. The van der Waals surface area contributed by atoms with Gasteiger partial charge in [-0.1, -0.05) is 17.7 Å². The Morgan fingerprint density at radius 3 is 2.46 bits per heavy atom. The number of pyridine rings is 1. The van der Waals surface area contributed by atoms with E-state index in [0.717, 1.165) is 22.3 Å². The van der Waals surface area contributed by atoms with E-state index in [0.29, 0.717) is 5.56 Å². The Bertz CT molecular complexity index is 1030. The molecule has 3 rings (SSSR count). The molecule has 1 aromatic carbocycles. The van der Waals surface area contributed by atoms with Crippen molar-refractivity contribution in [2.24, 2.45) is 0 Å². The number of halogens is 3. The molecule has 0 saturated carbocycles. The molecule has 9 heteroatoms. The van der Waals surface area contributed by atoms with Gasteiger partial charge in [-0.3, -0.25) is 4.98 Å². The van der Waals surface area contributed by atoms with E-state index in [2.05, 4.69) is 10.3 Å². The lowest BCUT2D eigenvalue weighted by molar-refractivity contribution is 0.582. The molecule has 0 spiro atoms. The highest BCUT2D eigenvalue weighted by molar-refractivity contribution is 7.90. The molecule has 26 heavy (non-hydrogen) atoms. The largest absolute Gasteiger partial charge is 0.316 e. The SMILES string of the molecule is CNCc1cc(-c2c(F)cccc2F)n(S(=O)(=O)c2cccnc2)c1Cl. The minimum atomic E-state index is -4.22. The number of benzene rings is 1. The van der Waals surface area contributed by atoms with Gasteiger partial charge in [0.1, 0.15) is 21.7 Å². The summed E-state index contributed by atoms with van der Waals surface area (Å²) in [6.07, 6.45) is 2.56. The summed E-state index contributed by atoms with van der Waals surface area (Å²) >= 11 is 6.28. The third-order valence-corrected chi connectivity index (χ3v) is 5.94. The number of aromatic nitrogens is 2. The lowest BCUT2D eigenvalue weighted by atomic mass is 10.1. The van der Waals surface area contributed by atoms with E-state index >= 15 is 0 Å². The monoisotopic (exact) mass is 397 g/mol. The van der Waals surface area contributed by atoms with Crippen molar-refractivity contribution >= 4 is 21.6 Å². The van der Waals surface area contributed by atoms with Gasteiger partial charge in [-0.15, -0.1) is 0 Å². The molecular weight excluding hydrogens is 384 g/mol. The topological polar surface area (TPSA) is 64.0 Å². The molecule has 3 aromatic rings. The van der Waals surface area contributed by atoms with Crippen molar-refractivity contribution in [1.82, 2.24) is 14.3 Å². The first-order valence-electron chi connectivity index (χ1n) is 7.52. The highest BCUT2D eigenvalue weighted by Crippen LogP contribution is 2.35. The molecule has 0 aliphatic rings. The quantitative estimate of drug-likeness (QED) is 0.716. The van der Waals surface area contributed by atoms with Crippen molar-refractivity contribution in [3.8, 4) is 11.3 Å². The van der Waals surface area contributed by atoms with Gasteiger partial charge < -0.3 is 5.32 Å². The summed E-state index contributed by atoms with van der Waals surface area (Å²) in [7, 11) is -2.57. The minimum Gasteiger partial charge on any atom is -0.316 e. The highest BCUT2D eigenvalue weighted by Gasteiger charge is 2.28. The maximum atomic E-state index is 14.3. The van der Waals surface area contributed by atoms with Gasteiger partial charge >= 0.3 is 0 Å². The van der Waals surface area contributed by atoms with Crippen LogP contribution in [0.2, 0.25) is 5.15 Å². The van der Waals surface area contributed by atoms with Gasteiger partial charge in [-0.25, -0.2) is 21.2 Å². The summed E-state index contributed by atoms with van der Waals surface area (Å²) in [6.45, 7) is 0.220. The maximum Gasteiger partial charge on any atom is 0.270 e. The fraction of sp³-hybridized carbons (Fsp3) is 0.118. The second-order valence-electron chi connectivity index (χ2n) is 5.43. The molecule has 0 aliphatic heterocycles. The number of hydrogen-bond acceptors (Lipinski definition) is 4. The average molecular weight is 398 g/mol. The van der Waals surface area contributed by atoms with E-state index in [1.807, 2.05) is 0 Å². The predicted octanol–water partition coefficient (Wildman–Crippen LogP) is 3.44. The van der Waals surface area contributed by atoms with E-state index in [1.165, 1.54) is 30.5 Å². The molecule has 0 atom stereocenters. The smallest absolute Gasteiger partial charge is 0.270 e. The van der Waals surface area contributed by atoms with Gasteiger partial charge in [0.25, 0.3) is 10.0 Å². The van der Waals surface area contributed by atoms with Crippen LogP contribution in [-0.2, 0) is 16.6 Å². The molecule has 0 bridgehead atoms. The van der Waals surface area contributed by atoms with Crippen LogP contribution in [0.15, 0.2) is 53.7 Å². The van der Waals surface area contributed by atoms with Crippen molar-refractivity contribution < 1.29 is 17.2 Å². The zero-order chi connectivity index (χ0) is 18.9. The van der Waals surface area contributed by atoms with Crippen molar-refractivity contribution in [2.75, 3.05) is 7.05 Å². The zero-order valence-corrected chi connectivity index (χ0v) is 15.2. The van der Waals surface area contributed by atoms with Crippen LogP contribution in [0.25, 0.3) is 11.3 Å². The van der Waals surface area contributed by atoms with Gasteiger partial charge in [-0.2, -0.15) is 0 Å². The molecule has 5 nitrogen and oxygen atoms in total. The summed E-state index contributed by atoms with van der Waals surface area (Å²) in [5, 5.41) is 2.69. The van der Waals surface area contributed by atoms with Crippen molar-refractivity contribution in [1.29, 1.82) is 0 Å². The first-order chi connectivity index (χ1) is 12.4. The Labute approximate surface area is 154 Å². The Hall–Kier alpha value is -2.29. The molecule has 2 aromatic heterocycles. The molecule has 0 saturated heterocycles. The molecule has 0 radical (unpaired) electrons. The first-order valence-corrected chi connectivity index (χ1v) is 9.34. The number of rotatable bonds is 5. The molecule has 0 unspecified atom stereocenters. The molecule has 0 amide bonds. The summed E-state index contributed by atoms with van der Waals surface area (Å²) < 4.78 is 55.5. The summed E-state index contributed by atoms with van der Waals surface area (Å²) in [4.78, 5) is 3.64. The van der Waals surface area contributed by atoms with Gasteiger partial charge in [0.15, 0.2) is 0 Å². The van der Waals surface area contributed by atoms with Crippen molar-refractivity contribution in [3.63, 3.8) is 0 Å². The Balaban J connectivity index is 2.35. The van der Waals surface area contributed by atoms with Crippen LogP contribution in [0.3, 0.4) is 0 Å². The second kappa shape index (κ2) is 7.14. The van der Waals surface area contributed by atoms with Gasteiger partial charge in [-0.05, 0) is 37.4 Å². The van der Waals surface area contributed by atoms with E-state index in [4.69, 9.17) is 11.6 Å². The van der Waals surface area contributed by atoms with Crippen molar-refractivity contribution in [2.45, 2.75) is 11.4 Å². The molecule has 1 N–H and O–H groups in total. The van der Waals surface area contributed by atoms with Crippen LogP contribution >= 0.6 is 11.6 Å². The third-order valence-electron chi connectivity index (χ3n) is 3.73. The fourth-order valence-electron chi connectivity index (χ4n) is 2.59. The van der Waals surface area contributed by atoms with Crippen LogP contribution in [0.4, 0.5) is 8.78 Å². The number of nitrogens with zero attached hydrogens (tertiary/aromatic N) is 2. The summed E-state index contributed by atoms with van der Waals surface area (Å²) in [5.41, 5.74) is -0.275. The molecular formula is C17H14ClF2N3O2S. The highest BCUT2D eigenvalue weighted by atomic mass is 35.5. The predicted molar refractivity (Wildman–Crippen MR) is 94.4 cm³/mol. The average Bonchev–Trinajstić information content (AvgIpc) is 2.93. The molecule has 136 valence electrons. The first kappa shape index (κ1) is 18.5. The molecule has 0 aliphatic carbocycles. The number of nitrogens with one attached hydrogen (secondary N) is 1. The summed E-state index contributed by atoms with van der Waals surface area (Å²) in [5.74, 6) is -1.78. The van der Waals surface area contributed by atoms with E-state index in [-0.39, 0.29) is 22.3 Å². The minimum absolute atomic E-state index is 0.147. The third kappa shape index (κ3) is 3.11. The van der Waals surface area contributed by atoms with Crippen molar-refractivity contribution in [3.05, 3.63) is 71.1 Å². The Morgan fingerprint density at radius 2 is 1.88 bits per heavy atom. The van der Waals surface area contributed by atoms with Crippen LogP contribution < -0.4 is 5.32 Å². The Kier molecular flexibility index (Phi) is 5.08. The summed E-state index contributed by atoms with van der Waals surface area (Å²) in [6, 6.07) is 7.44. The van der Waals surface area contributed by atoms with E-state index < -0.39 is 27.2 Å². The van der Waals surface area contributed by atoms with Gasteiger partial charge in [0.2, 0.25) is 0 Å². The van der Waals surface area contributed by atoms with E-state index in [9.17, 15) is 17.2 Å². The molecule has 0 fully saturated rings. The van der Waals surface area contributed by atoms with E-state index in [1.54, 1.807) is 7.05 Å². The normalized spacial score (nSPS) is 11.7. The van der Waals surface area contributed by atoms with Gasteiger partial charge in [0.05, 0.1) is 11.3 Å². The zero-order valence-electron chi connectivity index (χ0n) is 13.6. The maximum absolute atomic E-state index is 14.3. The lowest BCUT2D eigenvalue weighted by Crippen LogP contribution is -2.15. The van der Waals surface area contributed by atoms with Crippen LogP contribution in [0.5, 0.6) is 0 Å². The van der Waals surface area contributed by atoms with Crippen LogP contribution in [0, 0.1) is 11.6 Å².